The van der Waals surface area contributed by atoms with Crippen molar-refractivity contribution < 1.29 is 14.7 Å². The Morgan fingerprint density at radius 1 is 0.966 bits per heavy atom. The normalized spacial score (nSPS) is 19.7. The lowest BCUT2D eigenvalue weighted by Crippen LogP contribution is -2.34. The average Bonchev–Trinajstić information content (AvgIpc) is 3.07. The topological polar surface area (TPSA) is 70.0 Å². The van der Waals surface area contributed by atoms with E-state index in [9.17, 15) is 9.59 Å². The third-order valence-electron chi connectivity index (χ3n) is 6.32. The lowest BCUT2D eigenvalue weighted by molar-refractivity contribution is -0.116. The number of benzene rings is 2. The van der Waals surface area contributed by atoms with Crippen molar-refractivity contribution in [2.75, 3.05) is 5.01 Å². The molecule has 150 valence electrons. The van der Waals surface area contributed by atoms with E-state index in [0.29, 0.717) is 5.69 Å². The van der Waals surface area contributed by atoms with Crippen LogP contribution in [-0.4, -0.2) is 22.7 Å². The number of carboxylic acids is 1. The van der Waals surface area contributed by atoms with Gasteiger partial charge in [0, 0.05) is 0 Å². The number of carboxylic acid groups (broad SMARTS) is 1. The van der Waals surface area contributed by atoms with Crippen LogP contribution in [0, 0.1) is 0 Å². The second kappa shape index (κ2) is 6.55. The molecule has 2 aromatic rings. The van der Waals surface area contributed by atoms with Crippen LogP contribution < -0.4 is 5.01 Å². The molecule has 1 heterocycles. The number of carbonyl (C=O) groups is 2. The molecule has 2 aromatic carbocycles. The van der Waals surface area contributed by atoms with Gasteiger partial charge >= 0.3 is 5.97 Å². The first kappa shape index (κ1) is 19.4. The Morgan fingerprint density at radius 2 is 1.59 bits per heavy atom. The highest BCUT2D eigenvalue weighted by Crippen LogP contribution is 2.46. The zero-order chi connectivity index (χ0) is 21.0. The van der Waals surface area contributed by atoms with Gasteiger partial charge in [-0.1, -0.05) is 39.8 Å². The molecule has 0 aromatic heterocycles. The minimum atomic E-state index is -0.993. The summed E-state index contributed by atoms with van der Waals surface area (Å²) in [5.74, 6) is -1.10. The van der Waals surface area contributed by atoms with Crippen molar-refractivity contribution in [1.82, 2.24) is 0 Å². The van der Waals surface area contributed by atoms with Gasteiger partial charge in [-0.3, -0.25) is 4.79 Å². The molecule has 0 saturated heterocycles. The summed E-state index contributed by atoms with van der Waals surface area (Å²) in [7, 11) is 0. The highest BCUT2D eigenvalue weighted by molar-refractivity contribution is 6.19. The van der Waals surface area contributed by atoms with Crippen LogP contribution in [0.3, 0.4) is 0 Å². The van der Waals surface area contributed by atoms with Crippen molar-refractivity contribution in [3.05, 3.63) is 64.7 Å². The molecule has 2 aliphatic rings. The molecule has 29 heavy (non-hydrogen) atoms. The molecule has 1 N–H and O–H groups in total. The Bertz CT molecular complexity index is 1030. The van der Waals surface area contributed by atoms with Gasteiger partial charge in [-0.15, -0.1) is 0 Å². The number of hydrogen-bond acceptors (Lipinski definition) is 3. The van der Waals surface area contributed by atoms with E-state index < -0.39 is 5.97 Å². The van der Waals surface area contributed by atoms with Crippen molar-refractivity contribution in [3.63, 3.8) is 0 Å². The fourth-order valence-corrected chi connectivity index (χ4v) is 4.30. The molecule has 1 amide bonds. The van der Waals surface area contributed by atoms with E-state index in [4.69, 9.17) is 5.11 Å². The number of carbonyl (C=O) groups excluding carboxylic acids is 1. The zero-order valence-electron chi connectivity index (χ0n) is 17.3. The summed E-state index contributed by atoms with van der Waals surface area (Å²) < 4.78 is 0. The largest absolute Gasteiger partial charge is 0.478 e. The van der Waals surface area contributed by atoms with E-state index in [2.05, 4.69) is 51.0 Å². The van der Waals surface area contributed by atoms with Crippen LogP contribution in [0.1, 0.15) is 74.0 Å². The summed E-state index contributed by atoms with van der Waals surface area (Å²) in [6.45, 7) is 9.14. The summed E-state index contributed by atoms with van der Waals surface area (Å²) >= 11 is 0. The number of hydrazone groups is 1. The maximum Gasteiger partial charge on any atom is 0.335 e. The highest BCUT2D eigenvalue weighted by Gasteiger charge is 2.37. The van der Waals surface area contributed by atoms with Gasteiger partial charge in [0.1, 0.15) is 0 Å². The fourth-order valence-electron chi connectivity index (χ4n) is 4.30. The first-order chi connectivity index (χ1) is 13.6. The third-order valence-corrected chi connectivity index (χ3v) is 6.32. The van der Waals surface area contributed by atoms with Crippen molar-refractivity contribution in [2.45, 2.75) is 57.8 Å². The SMILES string of the molecule is CC1(C)CCC(C)(C)c2cc(C3=NN(c4ccc(C(=O)O)cc4)C(=O)C3)ccc21. The Hall–Kier alpha value is -2.95. The Morgan fingerprint density at radius 3 is 2.21 bits per heavy atom. The first-order valence-corrected chi connectivity index (χ1v) is 9.98. The lowest BCUT2D eigenvalue weighted by atomic mass is 9.63. The number of hydrogen-bond donors (Lipinski definition) is 1. The molecule has 0 atom stereocenters. The van der Waals surface area contributed by atoms with Gasteiger partial charge in [0.2, 0.25) is 0 Å². The standard InChI is InChI=1S/C24H26N2O3/c1-23(2)11-12-24(3,4)19-13-16(7-10-18(19)23)20-14-21(27)26(25-20)17-8-5-15(6-9-17)22(28)29/h5-10,13H,11-12,14H2,1-4H3,(H,28,29). The maximum absolute atomic E-state index is 12.6. The van der Waals surface area contributed by atoms with Gasteiger partial charge < -0.3 is 5.11 Å². The molecule has 0 bridgehead atoms. The highest BCUT2D eigenvalue weighted by atomic mass is 16.4. The molecule has 5 heteroatoms. The number of rotatable bonds is 3. The van der Waals surface area contributed by atoms with E-state index in [1.807, 2.05) is 0 Å². The number of fused-ring (bicyclic) bond motifs is 1. The van der Waals surface area contributed by atoms with E-state index >= 15 is 0 Å². The van der Waals surface area contributed by atoms with Crippen LogP contribution >= 0.6 is 0 Å². The van der Waals surface area contributed by atoms with Crippen LogP contribution in [0.5, 0.6) is 0 Å². The zero-order valence-corrected chi connectivity index (χ0v) is 17.3. The van der Waals surface area contributed by atoms with Crippen molar-refractivity contribution in [3.8, 4) is 0 Å². The molecule has 0 spiro atoms. The number of nitrogens with zero attached hydrogens (tertiary/aromatic N) is 2. The van der Waals surface area contributed by atoms with E-state index in [0.717, 1.165) is 24.1 Å². The lowest BCUT2D eigenvalue weighted by Gasteiger charge is -2.42. The minimum absolute atomic E-state index is 0.0936. The van der Waals surface area contributed by atoms with E-state index in [-0.39, 0.29) is 28.7 Å². The van der Waals surface area contributed by atoms with Crippen molar-refractivity contribution >= 4 is 23.3 Å². The summed E-state index contributed by atoms with van der Waals surface area (Å²) in [5.41, 5.74) is 5.45. The third kappa shape index (κ3) is 3.35. The summed E-state index contributed by atoms with van der Waals surface area (Å²) in [6.07, 6.45) is 2.53. The second-order valence-corrected chi connectivity index (χ2v) is 9.31. The van der Waals surface area contributed by atoms with Gasteiger partial charge in [0.25, 0.3) is 5.91 Å². The van der Waals surface area contributed by atoms with Crippen molar-refractivity contribution in [1.29, 1.82) is 0 Å². The van der Waals surface area contributed by atoms with Gasteiger partial charge in [-0.2, -0.15) is 5.10 Å². The Labute approximate surface area is 171 Å². The molecule has 0 unspecified atom stereocenters. The van der Waals surface area contributed by atoms with Crippen LogP contribution in [0.4, 0.5) is 5.69 Å². The molecular formula is C24H26N2O3. The van der Waals surface area contributed by atoms with Gasteiger partial charge in [0.15, 0.2) is 0 Å². The van der Waals surface area contributed by atoms with Crippen LogP contribution in [0.25, 0.3) is 0 Å². The number of aromatic carboxylic acids is 1. The molecule has 1 aliphatic carbocycles. The molecular weight excluding hydrogens is 364 g/mol. The average molecular weight is 390 g/mol. The number of anilines is 1. The Balaban J connectivity index is 1.70. The summed E-state index contributed by atoms with van der Waals surface area (Å²) in [5, 5.41) is 15.0. The molecule has 1 aliphatic heterocycles. The minimum Gasteiger partial charge on any atom is -0.478 e. The summed E-state index contributed by atoms with van der Waals surface area (Å²) in [6, 6.07) is 12.7. The molecule has 4 rings (SSSR count). The number of amides is 1. The van der Waals surface area contributed by atoms with Gasteiger partial charge in [-0.25, -0.2) is 9.80 Å². The second-order valence-electron chi connectivity index (χ2n) is 9.31. The first-order valence-electron chi connectivity index (χ1n) is 9.98. The molecule has 0 radical (unpaired) electrons. The predicted octanol–water partition coefficient (Wildman–Crippen LogP) is 4.87. The quantitative estimate of drug-likeness (QED) is 0.812. The smallest absolute Gasteiger partial charge is 0.335 e. The van der Waals surface area contributed by atoms with E-state index in [1.165, 1.54) is 28.3 Å². The predicted molar refractivity (Wildman–Crippen MR) is 114 cm³/mol. The monoisotopic (exact) mass is 390 g/mol. The van der Waals surface area contributed by atoms with Crippen LogP contribution in [-0.2, 0) is 15.6 Å². The molecule has 5 nitrogen and oxygen atoms in total. The van der Waals surface area contributed by atoms with E-state index in [1.54, 1.807) is 12.1 Å². The van der Waals surface area contributed by atoms with Gasteiger partial charge in [0.05, 0.1) is 23.4 Å². The van der Waals surface area contributed by atoms with Gasteiger partial charge in [-0.05, 0) is 70.7 Å². The summed E-state index contributed by atoms with van der Waals surface area (Å²) in [4.78, 5) is 23.6. The van der Waals surface area contributed by atoms with Crippen LogP contribution in [0.15, 0.2) is 47.6 Å². The van der Waals surface area contributed by atoms with Crippen molar-refractivity contribution in [2.24, 2.45) is 5.10 Å². The maximum atomic E-state index is 12.6. The van der Waals surface area contributed by atoms with Crippen LogP contribution in [0.2, 0.25) is 0 Å². The fraction of sp³-hybridized carbons (Fsp3) is 0.375. The molecule has 0 fully saturated rings. The Kier molecular flexibility index (Phi) is 4.37. The molecule has 0 saturated carbocycles.